The van der Waals surface area contributed by atoms with E-state index in [0.29, 0.717) is 11.0 Å². The van der Waals surface area contributed by atoms with Crippen LogP contribution in [0, 0.1) is 0 Å². The van der Waals surface area contributed by atoms with Gasteiger partial charge in [0.05, 0.1) is 11.4 Å². The number of nitrogens with one attached hydrogen (secondary N) is 1. The Morgan fingerprint density at radius 1 is 1.18 bits per heavy atom. The number of para-hydroxylation sites is 1. The number of aryl methyl sites for hydroxylation is 1. The fourth-order valence-electron chi connectivity index (χ4n) is 3.12. The predicted molar refractivity (Wildman–Crippen MR) is 113 cm³/mol. The number of rotatable bonds is 4. The first-order chi connectivity index (χ1) is 13.6. The molecule has 2 aromatic carbocycles. The normalized spacial score (nSPS) is 17.6. The van der Waals surface area contributed by atoms with Gasteiger partial charge < -0.3 is 5.32 Å². The number of hydrogen-bond donors (Lipinski definition) is 1. The van der Waals surface area contributed by atoms with E-state index in [1.807, 2.05) is 48.5 Å². The average Bonchev–Trinajstić information content (AvgIpc) is 3.02. The Morgan fingerprint density at radius 3 is 2.68 bits per heavy atom. The maximum Gasteiger partial charge on any atom is 0.258 e. The summed E-state index contributed by atoms with van der Waals surface area (Å²) in [4.78, 5) is 35.6. The Hall–Kier alpha value is -2.93. The summed E-state index contributed by atoms with van der Waals surface area (Å²) < 4.78 is 0. The molecular weight excluding hydrogens is 372 g/mol. The van der Waals surface area contributed by atoms with E-state index in [1.54, 1.807) is 6.92 Å². The number of amidine groups is 2. The first-order valence-electron chi connectivity index (χ1n) is 9.18. The van der Waals surface area contributed by atoms with Crippen LogP contribution in [0.1, 0.15) is 25.0 Å². The van der Waals surface area contributed by atoms with Gasteiger partial charge in [0.25, 0.3) is 5.91 Å². The highest BCUT2D eigenvalue weighted by atomic mass is 32.2. The Kier molecular flexibility index (Phi) is 5.00. The number of carbonyl (C=O) groups excluding carboxylic acids is 2. The molecule has 142 valence electrons. The second-order valence-corrected chi connectivity index (χ2v) is 7.54. The lowest BCUT2D eigenvalue weighted by atomic mass is 10.1. The van der Waals surface area contributed by atoms with Crippen molar-refractivity contribution in [1.82, 2.24) is 4.90 Å². The molecule has 2 aliphatic heterocycles. The van der Waals surface area contributed by atoms with Gasteiger partial charge in [-0.2, -0.15) is 0 Å². The van der Waals surface area contributed by atoms with Gasteiger partial charge in [-0.15, -0.1) is 0 Å². The van der Waals surface area contributed by atoms with Gasteiger partial charge in [-0.1, -0.05) is 43.0 Å². The molecule has 2 amide bonds. The van der Waals surface area contributed by atoms with E-state index >= 15 is 0 Å². The highest BCUT2D eigenvalue weighted by Gasteiger charge is 2.39. The summed E-state index contributed by atoms with van der Waals surface area (Å²) >= 11 is 1.24. The monoisotopic (exact) mass is 392 g/mol. The summed E-state index contributed by atoms with van der Waals surface area (Å²) in [6.45, 7) is 3.86. The third kappa shape index (κ3) is 3.45. The third-order valence-corrected chi connectivity index (χ3v) is 5.57. The highest BCUT2D eigenvalue weighted by Crippen LogP contribution is 2.33. The summed E-state index contributed by atoms with van der Waals surface area (Å²) in [5, 5.41) is 3.37. The molecule has 0 unspecified atom stereocenters. The topological polar surface area (TPSA) is 74.1 Å². The largest absolute Gasteiger partial charge is 0.325 e. The third-order valence-electron chi connectivity index (χ3n) is 4.64. The van der Waals surface area contributed by atoms with E-state index in [9.17, 15) is 9.59 Å². The van der Waals surface area contributed by atoms with Gasteiger partial charge >= 0.3 is 0 Å². The first kappa shape index (κ1) is 18.4. The van der Waals surface area contributed by atoms with Gasteiger partial charge in [-0.05, 0) is 43.2 Å². The molecule has 0 radical (unpaired) electrons. The van der Waals surface area contributed by atoms with Crippen molar-refractivity contribution in [2.45, 2.75) is 26.3 Å². The van der Waals surface area contributed by atoms with Crippen molar-refractivity contribution in [2.75, 3.05) is 11.1 Å². The van der Waals surface area contributed by atoms with Crippen LogP contribution in [0.2, 0.25) is 0 Å². The van der Waals surface area contributed by atoms with Crippen LogP contribution >= 0.6 is 11.8 Å². The standard InChI is InChI=1S/C21H20N4O2S/c1-3-14-8-10-15(11-9-14)23-18(26)12-28-21-24-17-7-5-4-6-16(17)19-22-13(2)20(27)25(19)21/h4-11,13H,3,12H2,1-2H3,(H,23,26)/t13-/m1/s1. The molecule has 1 N–H and O–H groups in total. The molecule has 28 heavy (non-hydrogen) atoms. The first-order valence-corrected chi connectivity index (χ1v) is 10.2. The minimum Gasteiger partial charge on any atom is -0.325 e. The highest BCUT2D eigenvalue weighted by molar-refractivity contribution is 8.14. The van der Waals surface area contributed by atoms with Gasteiger partial charge in [0.15, 0.2) is 5.17 Å². The molecule has 1 atom stereocenters. The summed E-state index contributed by atoms with van der Waals surface area (Å²) in [6, 6.07) is 14.9. The van der Waals surface area contributed by atoms with Crippen molar-refractivity contribution in [2.24, 2.45) is 9.98 Å². The summed E-state index contributed by atoms with van der Waals surface area (Å²) in [5.41, 5.74) is 3.57. The zero-order valence-electron chi connectivity index (χ0n) is 15.7. The fraction of sp³-hybridized carbons (Fsp3) is 0.238. The van der Waals surface area contributed by atoms with Crippen molar-refractivity contribution < 1.29 is 9.59 Å². The minimum atomic E-state index is -0.446. The lowest BCUT2D eigenvalue weighted by Crippen LogP contribution is -2.41. The van der Waals surface area contributed by atoms with Gasteiger partial charge in [0.2, 0.25) is 5.91 Å². The minimum absolute atomic E-state index is 0.119. The van der Waals surface area contributed by atoms with Crippen LogP contribution in [0.4, 0.5) is 11.4 Å². The lowest BCUT2D eigenvalue weighted by Gasteiger charge is -2.25. The molecule has 0 saturated carbocycles. The van der Waals surface area contributed by atoms with Crippen molar-refractivity contribution in [3.8, 4) is 0 Å². The lowest BCUT2D eigenvalue weighted by molar-refractivity contribution is -0.124. The van der Waals surface area contributed by atoms with Crippen molar-refractivity contribution in [3.63, 3.8) is 0 Å². The molecule has 0 bridgehead atoms. The van der Waals surface area contributed by atoms with E-state index in [4.69, 9.17) is 0 Å². The maximum atomic E-state index is 12.6. The molecule has 2 heterocycles. The molecule has 0 spiro atoms. The quantitative estimate of drug-likeness (QED) is 0.864. The number of aliphatic imine (C=N–C) groups is 2. The van der Waals surface area contributed by atoms with Crippen LogP contribution in [0.3, 0.4) is 0 Å². The number of benzene rings is 2. The second-order valence-electron chi connectivity index (χ2n) is 6.60. The molecule has 2 aromatic rings. The van der Waals surface area contributed by atoms with Crippen LogP contribution in [-0.4, -0.2) is 39.5 Å². The van der Waals surface area contributed by atoms with E-state index in [0.717, 1.165) is 23.4 Å². The van der Waals surface area contributed by atoms with Gasteiger partial charge in [0, 0.05) is 11.3 Å². The average molecular weight is 392 g/mol. The Balaban J connectivity index is 1.49. The van der Waals surface area contributed by atoms with Crippen LogP contribution in [-0.2, 0) is 16.0 Å². The smallest absolute Gasteiger partial charge is 0.258 e. The zero-order chi connectivity index (χ0) is 19.7. The van der Waals surface area contributed by atoms with Gasteiger partial charge in [-0.3, -0.25) is 14.6 Å². The number of amides is 2. The van der Waals surface area contributed by atoms with Gasteiger partial charge in [0.1, 0.15) is 11.9 Å². The molecule has 7 heteroatoms. The maximum absolute atomic E-state index is 12.6. The SMILES string of the molecule is CCc1ccc(NC(=O)CSC2=Nc3ccccc3C3=N[C@H](C)C(=O)N23)cc1. The molecule has 4 rings (SSSR count). The van der Waals surface area contributed by atoms with Crippen LogP contribution in [0.25, 0.3) is 0 Å². The van der Waals surface area contributed by atoms with Crippen molar-refractivity contribution in [1.29, 1.82) is 0 Å². The van der Waals surface area contributed by atoms with Crippen molar-refractivity contribution in [3.05, 3.63) is 59.7 Å². The van der Waals surface area contributed by atoms with Crippen LogP contribution < -0.4 is 5.32 Å². The zero-order valence-corrected chi connectivity index (χ0v) is 16.5. The molecule has 0 aromatic heterocycles. The Labute approximate surface area is 167 Å². The Morgan fingerprint density at radius 2 is 1.93 bits per heavy atom. The number of thioether (sulfide) groups is 1. The van der Waals surface area contributed by atoms with E-state index < -0.39 is 6.04 Å². The number of hydrogen-bond acceptors (Lipinski definition) is 5. The molecule has 0 fully saturated rings. The van der Waals surface area contributed by atoms with Crippen LogP contribution in [0.15, 0.2) is 58.5 Å². The number of anilines is 1. The molecule has 0 aliphatic carbocycles. The number of fused-ring (bicyclic) bond motifs is 3. The van der Waals surface area contributed by atoms with E-state index in [-0.39, 0.29) is 17.6 Å². The summed E-state index contributed by atoms with van der Waals surface area (Å²) in [6.07, 6.45) is 0.956. The number of carbonyl (C=O) groups is 2. The van der Waals surface area contributed by atoms with E-state index in [2.05, 4.69) is 22.2 Å². The molecule has 2 aliphatic rings. The van der Waals surface area contributed by atoms with Crippen molar-refractivity contribution >= 4 is 46.0 Å². The summed E-state index contributed by atoms with van der Waals surface area (Å²) in [5.74, 6) is 0.503. The van der Waals surface area contributed by atoms with Gasteiger partial charge in [-0.25, -0.2) is 9.89 Å². The van der Waals surface area contributed by atoms with E-state index in [1.165, 1.54) is 22.2 Å². The molecule has 0 saturated heterocycles. The Bertz CT molecular complexity index is 998. The molecular formula is C21H20N4O2S. The van der Waals surface area contributed by atoms with Crippen LogP contribution in [0.5, 0.6) is 0 Å². The number of nitrogens with zero attached hydrogens (tertiary/aromatic N) is 3. The summed E-state index contributed by atoms with van der Waals surface area (Å²) in [7, 11) is 0. The second kappa shape index (κ2) is 7.59. The molecule has 6 nitrogen and oxygen atoms in total. The fourth-order valence-corrected chi connectivity index (χ4v) is 3.92. The predicted octanol–water partition coefficient (Wildman–Crippen LogP) is 3.60.